The van der Waals surface area contributed by atoms with E-state index in [1.807, 2.05) is 0 Å². The van der Waals surface area contributed by atoms with E-state index in [2.05, 4.69) is 9.97 Å². The number of benzene rings is 1. The van der Waals surface area contributed by atoms with Gasteiger partial charge >= 0.3 is 5.97 Å². The molecule has 5 nitrogen and oxygen atoms in total. The molecule has 0 saturated carbocycles. The molecule has 0 atom stereocenters. The van der Waals surface area contributed by atoms with Crippen LogP contribution in [0.3, 0.4) is 0 Å². The van der Waals surface area contributed by atoms with Crippen LogP contribution in [-0.4, -0.2) is 22.5 Å². The molecule has 2 rings (SSSR count). The van der Waals surface area contributed by atoms with Crippen molar-refractivity contribution in [2.45, 2.75) is 13.3 Å². The predicted molar refractivity (Wildman–Crippen MR) is 81.7 cm³/mol. The number of esters is 1. The highest BCUT2D eigenvalue weighted by molar-refractivity contribution is 6.35. The summed E-state index contributed by atoms with van der Waals surface area (Å²) in [7, 11) is 0. The minimum Gasteiger partial charge on any atom is -0.462 e. The third-order valence-electron chi connectivity index (χ3n) is 2.73. The van der Waals surface area contributed by atoms with Crippen molar-refractivity contribution in [3.63, 3.8) is 0 Å². The highest BCUT2D eigenvalue weighted by Gasteiger charge is 2.14. The summed E-state index contributed by atoms with van der Waals surface area (Å²) in [4.78, 5) is 19.8. The first-order chi connectivity index (χ1) is 10.0. The molecular formula is C14H13Cl2N3O2. The molecule has 0 aliphatic carbocycles. The summed E-state index contributed by atoms with van der Waals surface area (Å²) < 4.78 is 4.86. The van der Waals surface area contributed by atoms with E-state index >= 15 is 0 Å². The van der Waals surface area contributed by atoms with E-state index in [1.165, 1.54) is 6.20 Å². The van der Waals surface area contributed by atoms with Crippen molar-refractivity contribution in [3.8, 4) is 0 Å². The Hall–Kier alpha value is -1.85. The number of nitrogens with zero attached hydrogens (tertiary/aromatic N) is 2. The lowest BCUT2D eigenvalue weighted by atomic mass is 10.1. The number of hydrogen-bond donors (Lipinski definition) is 1. The molecule has 1 aromatic heterocycles. The third kappa shape index (κ3) is 3.83. The van der Waals surface area contributed by atoms with Gasteiger partial charge in [0.1, 0.15) is 17.2 Å². The van der Waals surface area contributed by atoms with E-state index in [0.717, 1.165) is 5.56 Å². The van der Waals surface area contributed by atoms with Gasteiger partial charge in [-0.15, -0.1) is 0 Å². The maximum atomic E-state index is 11.6. The van der Waals surface area contributed by atoms with Crippen LogP contribution in [0.2, 0.25) is 10.0 Å². The number of nitrogen functional groups attached to an aromatic ring is 1. The van der Waals surface area contributed by atoms with Crippen LogP contribution in [0, 0.1) is 0 Å². The van der Waals surface area contributed by atoms with Crippen LogP contribution in [0.4, 0.5) is 5.82 Å². The van der Waals surface area contributed by atoms with E-state index in [9.17, 15) is 4.79 Å². The van der Waals surface area contributed by atoms with Crippen molar-refractivity contribution in [2.24, 2.45) is 0 Å². The van der Waals surface area contributed by atoms with Crippen LogP contribution >= 0.6 is 23.2 Å². The Morgan fingerprint density at radius 1 is 1.38 bits per heavy atom. The number of nitrogens with two attached hydrogens (primary N) is 1. The summed E-state index contributed by atoms with van der Waals surface area (Å²) >= 11 is 11.9. The minimum absolute atomic E-state index is 0.0866. The largest absolute Gasteiger partial charge is 0.462 e. The summed E-state index contributed by atoms with van der Waals surface area (Å²) in [5, 5.41) is 1.08. The standard InChI is InChI=1S/C14H13Cl2N3O2/c1-2-21-14(20)10-7-18-12(19-13(10)17)5-8-3-4-9(15)6-11(8)16/h3-4,6-7H,2,5H2,1H3,(H2,17,18,19). The number of aromatic nitrogens is 2. The molecule has 1 heterocycles. The second-order valence-corrected chi connectivity index (χ2v) is 5.06. The lowest BCUT2D eigenvalue weighted by Crippen LogP contribution is -2.12. The van der Waals surface area contributed by atoms with Gasteiger partial charge in [0.2, 0.25) is 0 Å². The lowest BCUT2D eigenvalue weighted by Gasteiger charge is -2.07. The van der Waals surface area contributed by atoms with Crippen molar-refractivity contribution in [1.82, 2.24) is 9.97 Å². The Morgan fingerprint density at radius 2 is 2.14 bits per heavy atom. The molecule has 0 aliphatic rings. The molecule has 0 radical (unpaired) electrons. The number of rotatable bonds is 4. The molecule has 2 N–H and O–H groups in total. The smallest absolute Gasteiger partial charge is 0.343 e. The van der Waals surface area contributed by atoms with Crippen molar-refractivity contribution < 1.29 is 9.53 Å². The number of carbonyl (C=O) groups is 1. The molecule has 0 amide bonds. The molecule has 0 fully saturated rings. The Balaban J connectivity index is 2.22. The Kier molecular flexibility index (Phi) is 4.98. The van der Waals surface area contributed by atoms with Crippen LogP contribution in [0.25, 0.3) is 0 Å². The molecule has 1 aromatic carbocycles. The van der Waals surface area contributed by atoms with Gasteiger partial charge in [0.15, 0.2) is 0 Å². The van der Waals surface area contributed by atoms with E-state index in [-0.39, 0.29) is 18.0 Å². The molecule has 0 bridgehead atoms. The molecule has 110 valence electrons. The Bertz CT molecular complexity index is 677. The summed E-state index contributed by atoms with van der Waals surface area (Å²) in [5.74, 6) is 0.0133. The molecule has 21 heavy (non-hydrogen) atoms. The van der Waals surface area contributed by atoms with Crippen LogP contribution in [0.5, 0.6) is 0 Å². The van der Waals surface area contributed by atoms with Crippen molar-refractivity contribution >= 4 is 35.0 Å². The SMILES string of the molecule is CCOC(=O)c1cnc(Cc2ccc(Cl)cc2Cl)nc1N. The zero-order valence-corrected chi connectivity index (χ0v) is 12.8. The molecule has 2 aromatic rings. The Labute approximate surface area is 132 Å². The molecule has 0 aliphatic heterocycles. The fourth-order valence-corrected chi connectivity index (χ4v) is 2.20. The molecule has 0 spiro atoms. The summed E-state index contributed by atoms with van der Waals surface area (Å²) in [6.45, 7) is 1.98. The zero-order chi connectivity index (χ0) is 15.4. The van der Waals surface area contributed by atoms with Gasteiger partial charge in [0, 0.05) is 22.7 Å². The second kappa shape index (κ2) is 6.74. The quantitative estimate of drug-likeness (QED) is 0.873. The lowest BCUT2D eigenvalue weighted by molar-refractivity contribution is 0.0526. The summed E-state index contributed by atoms with van der Waals surface area (Å²) in [5.41, 5.74) is 6.74. The van der Waals surface area contributed by atoms with E-state index < -0.39 is 5.97 Å². The first-order valence-electron chi connectivity index (χ1n) is 6.23. The number of halogens is 2. The first kappa shape index (κ1) is 15.5. The minimum atomic E-state index is -0.536. The van der Waals surface area contributed by atoms with Gasteiger partial charge in [0.05, 0.1) is 6.61 Å². The van der Waals surface area contributed by atoms with E-state index in [4.69, 9.17) is 33.7 Å². The van der Waals surface area contributed by atoms with Gasteiger partial charge in [-0.25, -0.2) is 14.8 Å². The van der Waals surface area contributed by atoms with Gasteiger partial charge in [-0.2, -0.15) is 0 Å². The normalized spacial score (nSPS) is 10.4. The number of anilines is 1. The molecule has 7 heteroatoms. The monoisotopic (exact) mass is 325 g/mol. The zero-order valence-electron chi connectivity index (χ0n) is 11.3. The summed E-state index contributed by atoms with van der Waals surface area (Å²) in [6.07, 6.45) is 1.75. The third-order valence-corrected chi connectivity index (χ3v) is 3.31. The molecule has 0 unspecified atom stereocenters. The Morgan fingerprint density at radius 3 is 2.76 bits per heavy atom. The van der Waals surface area contributed by atoms with Gasteiger partial charge in [-0.05, 0) is 24.6 Å². The van der Waals surface area contributed by atoms with Gasteiger partial charge in [-0.3, -0.25) is 0 Å². The second-order valence-electron chi connectivity index (χ2n) is 4.22. The van der Waals surface area contributed by atoms with Crippen molar-refractivity contribution in [2.75, 3.05) is 12.3 Å². The maximum absolute atomic E-state index is 11.6. The van der Waals surface area contributed by atoms with E-state index in [1.54, 1.807) is 25.1 Å². The van der Waals surface area contributed by atoms with Crippen molar-refractivity contribution in [3.05, 3.63) is 51.4 Å². The fourth-order valence-electron chi connectivity index (χ4n) is 1.72. The number of ether oxygens (including phenoxy) is 1. The topological polar surface area (TPSA) is 78.1 Å². The van der Waals surface area contributed by atoms with Crippen LogP contribution in [-0.2, 0) is 11.2 Å². The number of carbonyl (C=O) groups excluding carboxylic acids is 1. The highest BCUT2D eigenvalue weighted by Crippen LogP contribution is 2.23. The maximum Gasteiger partial charge on any atom is 0.343 e. The van der Waals surface area contributed by atoms with E-state index in [0.29, 0.717) is 22.3 Å². The first-order valence-corrected chi connectivity index (χ1v) is 6.99. The van der Waals surface area contributed by atoms with Gasteiger partial charge in [0.25, 0.3) is 0 Å². The van der Waals surface area contributed by atoms with Crippen LogP contribution in [0.15, 0.2) is 24.4 Å². The average molecular weight is 326 g/mol. The van der Waals surface area contributed by atoms with Gasteiger partial charge in [-0.1, -0.05) is 29.3 Å². The fraction of sp³-hybridized carbons (Fsp3) is 0.214. The van der Waals surface area contributed by atoms with Crippen molar-refractivity contribution in [1.29, 1.82) is 0 Å². The summed E-state index contributed by atoms with van der Waals surface area (Å²) in [6, 6.07) is 5.18. The number of hydrogen-bond acceptors (Lipinski definition) is 5. The van der Waals surface area contributed by atoms with Gasteiger partial charge < -0.3 is 10.5 Å². The molecular weight excluding hydrogens is 313 g/mol. The predicted octanol–water partition coefficient (Wildman–Crippen LogP) is 3.13. The molecule has 0 saturated heterocycles. The average Bonchev–Trinajstić information content (AvgIpc) is 2.42. The van der Waals surface area contributed by atoms with Crippen LogP contribution in [0.1, 0.15) is 28.7 Å². The highest BCUT2D eigenvalue weighted by atomic mass is 35.5. The van der Waals surface area contributed by atoms with Crippen LogP contribution < -0.4 is 5.73 Å².